The molecule has 4 N–H and O–H groups in total. The number of aromatic amines is 2. The molecule has 0 bridgehead atoms. The SMILES string of the molecule is COC(=O)N[C@H](C(=O)N1CCC[C@H]1c1ncc(-c2ccc3c(c2)O[C@@H](c2ccccc2)n2c-3cc3cc(-c4cnc([C@@H]5CCCN5C(=O)[C@@H](NC(=O)OC)[C@@H](C)OC)[nH]4)ccc32)[nH]1)[C@@H](C)OC. The monoisotopic (exact) mass is 913 g/mol. The Hall–Kier alpha value is -7.18. The summed E-state index contributed by atoms with van der Waals surface area (Å²) in [4.78, 5) is 72.1. The fourth-order valence-corrected chi connectivity index (χ4v) is 9.57. The molecule has 18 nitrogen and oxygen atoms in total. The number of hydrogen-bond acceptors (Lipinski definition) is 11. The van der Waals surface area contributed by atoms with E-state index < -0.39 is 42.7 Å². The molecule has 18 heteroatoms. The molecule has 67 heavy (non-hydrogen) atoms. The van der Waals surface area contributed by atoms with Crippen LogP contribution in [0, 0.1) is 0 Å². The third-order valence-electron chi connectivity index (χ3n) is 13.3. The van der Waals surface area contributed by atoms with E-state index in [0.717, 1.165) is 63.1 Å². The van der Waals surface area contributed by atoms with E-state index in [1.54, 1.807) is 36.0 Å². The molecular formula is C49H55N9O9. The number of H-pyrrole nitrogens is 2. The topological polar surface area (TPSA) is 207 Å². The van der Waals surface area contributed by atoms with E-state index >= 15 is 0 Å². The second kappa shape index (κ2) is 19.0. The van der Waals surface area contributed by atoms with E-state index in [1.165, 1.54) is 28.4 Å². The Morgan fingerprint density at radius 2 is 1.24 bits per heavy atom. The van der Waals surface area contributed by atoms with Gasteiger partial charge in [-0.1, -0.05) is 42.5 Å². The molecule has 350 valence electrons. The fraction of sp³-hybridized carbons (Fsp3) is 0.388. The first-order chi connectivity index (χ1) is 32.5. The molecule has 4 amide bonds. The summed E-state index contributed by atoms with van der Waals surface area (Å²) < 4.78 is 29.6. The quantitative estimate of drug-likeness (QED) is 0.0940. The van der Waals surface area contributed by atoms with Crippen molar-refractivity contribution in [3.8, 4) is 39.5 Å². The Morgan fingerprint density at radius 1 is 0.701 bits per heavy atom. The number of nitrogens with one attached hydrogen (secondary N) is 4. The van der Waals surface area contributed by atoms with E-state index in [2.05, 4.69) is 67.6 Å². The third-order valence-corrected chi connectivity index (χ3v) is 13.3. The van der Waals surface area contributed by atoms with Crippen LogP contribution in [-0.2, 0) is 28.5 Å². The van der Waals surface area contributed by atoms with Gasteiger partial charge in [-0.05, 0) is 69.9 Å². The Bertz CT molecular complexity index is 2790. The molecule has 0 spiro atoms. The highest BCUT2D eigenvalue weighted by molar-refractivity contribution is 5.93. The number of fused-ring (bicyclic) bond motifs is 5. The highest BCUT2D eigenvalue weighted by Gasteiger charge is 2.40. The maximum Gasteiger partial charge on any atom is 0.407 e. The normalized spacial score (nSPS) is 19.5. The average molecular weight is 914 g/mol. The lowest BCUT2D eigenvalue weighted by molar-refractivity contribution is -0.138. The smallest absolute Gasteiger partial charge is 0.407 e. The zero-order chi connectivity index (χ0) is 46.9. The van der Waals surface area contributed by atoms with Gasteiger partial charge in [0.15, 0.2) is 0 Å². The molecule has 6 aromatic rings. The number of methoxy groups -OCH3 is 4. The maximum absolute atomic E-state index is 13.9. The highest BCUT2D eigenvalue weighted by Crippen LogP contribution is 2.46. The number of hydrogen-bond donors (Lipinski definition) is 4. The summed E-state index contributed by atoms with van der Waals surface area (Å²) in [6.07, 6.45) is 3.51. The predicted octanol–water partition coefficient (Wildman–Crippen LogP) is 6.87. The van der Waals surface area contributed by atoms with Gasteiger partial charge in [-0.2, -0.15) is 0 Å². The number of alkyl carbamates (subject to hydrolysis) is 2. The molecular weight excluding hydrogens is 859 g/mol. The highest BCUT2D eigenvalue weighted by atomic mass is 16.5. The van der Waals surface area contributed by atoms with Gasteiger partial charge in [0.2, 0.25) is 18.0 Å². The lowest BCUT2D eigenvalue weighted by atomic mass is 10.0. The number of rotatable bonds is 13. The molecule has 3 aromatic heterocycles. The van der Waals surface area contributed by atoms with Crippen molar-refractivity contribution in [1.29, 1.82) is 0 Å². The average Bonchev–Trinajstić information content (AvgIpc) is 4.23. The maximum atomic E-state index is 13.9. The molecule has 9 rings (SSSR count). The Morgan fingerprint density at radius 3 is 1.78 bits per heavy atom. The minimum atomic E-state index is -0.931. The van der Waals surface area contributed by atoms with Crippen molar-refractivity contribution >= 4 is 34.9 Å². The van der Waals surface area contributed by atoms with Gasteiger partial charge >= 0.3 is 12.2 Å². The molecule has 3 aliphatic heterocycles. The van der Waals surface area contributed by atoms with Crippen molar-refractivity contribution in [3.63, 3.8) is 0 Å². The van der Waals surface area contributed by atoms with Crippen LogP contribution < -0.4 is 15.4 Å². The van der Waals surface area contributed by atoms with E-state index in [4.69, 9.17) is 33.7 Å². The number of ether oxygens (including phenoxy) is 5. The van der Waals surface area contributed by atoms with Crippen molar-refractivity contribution in [2.24, 2.45) is 0 Å². The number of amides is 4. The van der Waals surface area contributed by atoms with E-state index in [9.17, 15) is 19.2 Å². The first-order valence-electron chi connectivity index (χ1n) is 22.5. The standard InChI is InChI=1S/C49H55N9O9/c1-27(63-3)41(54-48(61)65-5)45(59)56-20-10-14-37(56)43-50-25-34(52-43)30-17-19-36-32(22-30)23-39-33-18-16-31(24-40(33)67-47(58(36)39)29-12-8-7-9-13-29)35-26-51-44(53-35)38-15-11-21-57(38)46(60)42(28(2)64-4)55-49(62)66-6/h7-9,12-13,16-19,22-28,37-38,41-42,47H,10-11,14-15,20-21H2,1-6H3,(H,50,52)(H,51,53)(H,54,61)(H,55,62)/t27-,28-,37+,38+,41+,42+,47+/m1/s1. The number of nitrogens with zero attached hydrogens (tertiary/aromatic N) is 5. The fourth-order valence-electron chi connectivity index (χ4n) is 9.57. The van der Waals surface area contributed by atoms with Gasteiger partial charge < -0.3 is 58.7 Å². The summed E-state index contributed by atoms with van der Waals surface area (Å²) in [6, 6.07) is 22.2. The predicted molar refractivity (Wildman–Crippen MR) is 247 cm³/mol. The molecule has 3 aromatic carbocycles. The number of carbonyl (C=O) groups excluding carboxylic acids is 4. The van der Waals surface area contributed by atoms with Gasteiger partial charge in [0.05, 0.1) is 73.5 Å². The first-order valence-corrected chi connectivity index (χ1v) is 22.5. The second-order valence-corrected chi connectivity index (χ2v) is 17.1. The van der Waals surface area contributed by atoms with Crippen LogP contribution in [-0.4, -0.2) is 124 Å². The molecule has 0 saturated carbocycles. The second-order valence-electron chi connectivity index (χ2n) is 17.1. The Kier molecular flexibility index (Phi) is 12.7. The zero-order valence-electron chi connectivity index (χ0n) is 38.3. The summed E-state index contributed by atoms with van der Waals surface area (Å²) in [5.74, 6) is 1.49. The molecule has 0 radical (unpaired) electrons. The zero-order valence-corrected chi connectivity index (χ0v) is 38.3. The van der Waals surface area contributed by atoms with Crippen LogP contribution in [0.2, 0.25) is 0 Å². The van der Waals surface area contributed by atoms with E-state index in [-0.39, 0.29) is 23.9 Å². The van der Waals surface area contributed by atoms with Crippen LogP contribution in [0.5, 0.6) is 5.75 Å². The van der Waals surface area contributed by atoms with Gasteiger partial charge in [-0.3, -0.25) is 9.59 Å². The third kappa shape index (κ3) is 8.57. The molecule has 0 unspecified atom stereocenters. The summed E-state index contributed by atoms with van der Waals surface area (Å²) >= 11 is 0. The molecule has 2 fully saturated rings. The van der Waals surface area contributed by atoms with Gasteiger partial charge in [0, 0.05) is 54.9 Å². The van der Waals surface area contributed by atoms with Crippen molar-refractivity contribution in [3.05, 3.63) is 102 Å². The van der Waals surface area contributed by atoms with Crippen LogP contribution in [0.1, 0.15) is 75.1 Å². The summed E-state index contributed by atoms with van der Waals surface area (Å²) in [6.45, 7) is 4.50. The van der Waals surface area contributed by atoms with Crippen molar-refractivity contribution in [2.75, 3.05) is 41.5 Å². The van der Waals surface area contributed by atoms with Gasteiger partial charge in [0.1, 0.15) is 29.5 Å². The van der Waals surface area contributed by atoms with Gasteiger partial charge in [0.25, 0.3) is 0 Å². The number of carbonyl (C=O) groups is 4. The van der Waals surface area contributed by atoms with E-state index in [1.807, 2.05) is 30.3 Å². The Labute approximate surface area is 387 Å². The summed E-state index contributed by atoms with van der Waals surface area (Å²) in [5, 5.41) is 6.29. The van der Waals surface area contributed by atoms with Crippen LogP contribution in [0.3, 0.4) is 0 Å². The molecule has 7 atom stereocenters. The molecule has 2 saturated heterocycles. The van der Waals surface area contributed by atoms with Crippen molar-refractivity contribution in [1.82, 2.24) is 44.9 Å². The molecule has 3 aliphatic rings. The lowest BCUT2D eigenvalue weighted by Crippen LogP contribution is -2.54. The van der Waals surface area contributed by atoms with Gasteiger partial charge in [-0.15, -0.1) is 0 Å². The molecule has 6 heterocycles. The summed E-state index contributed by atoms with van der Waals surface area (Å²) in [7, 11) is 5.51. The van der Waals surface area contributed by atoms with Crippen molar-refractivity contribution in [2.45, 2.75) is 82.1 Å². The number of benzene rings is 3. The van der Waals surface area contributed by atoms with Crippen LogP contribution in [0.25, 0.3) is 44.7 Å². The lowest BCUT2D eigenvalue weighted by Gasteiger charge is -2.30. The van der Waals surface area contributed by atoms with Crippen molar-refractivity contribution < 1.29 is 42.9 Å². The summed E-state index contributed by atoms with van der Waals surface area (Å²) in [5.41, 5.74) is 7.26. The Balaban J connectivity index is 0.998. The van der Waals surface area contributed by atoms with Crippen LogP contribution in [0.15, 0.2) is 85.2 Å². The minimum absolute atomic E-state index is 0.263. The van der Waals surface area contributed by atoms with Crippen LogP contribution in [0.4, 0.5) is 9.59 Å². The number of aromatic nitrogens is 5. The molecule has 0 aliphatic carbocycles. The van der Waals surface area contributed by atoms with Gasteiger partial charge in [-0.25, -0.2) is 19.6 Å². The number of likely N-dealkylation sites (tertiary alicyclic amines) is 2. The number of imidazole rings is 2. The van der Waals surface area contributed by atoms with Crippen LogP contribution >= 0.6 is 0 Å². The minimum Gasteiger partial charge on any atom is -0.465 e. The van der Waals surface area contributed by atoms with E-state index in [0.29, 0.717) is 43.3 Å². The first kappa shape index (κ1) is 45.0. The largest absolute Gasteiger partial charge is 0.465 e.